The number of imidazole rings is 1. The van der Waals surface area contributed by atoms with Crippen molar-refractivity contribution in [2.24, 2.45) is 13.0 Å². The van der Waals surface area contributed by atoms with E-state index in [4.69, 9.17) is 14.4 Å². The monoisotopic (exact) mass is 859 g/mol. The van der Waals surface area contributed by atoms with Crippen LogP contribution >= 0.6 is 0 Å². The molecular weight excluding hydrogens is 817 g/mol. The Bertz CT molecular complexity index is 2160. The molecule has 0 N–H and O–H groups in total. The number of rotatable bonds is 5. The van der Waals surface area contributed by atoms with Crippen molar-refractivity contribution >= 4 is 50.8 Å². The summed E-state index contributed by atoms with van der Waals surface area (Å²) in [4.78, 5) is 14.0. The number of benzene rings is 3. The normalized spacial score (nSPS) is 13.6. The Labute approximate surface area is 293 Å². The van der Waals surface area contributed by atoms with Gasteiger partial charge in [-0.05, 0) is 31.2 Å². The predicted molar refractivity (Wildman–Crippen MR) is 192 cm³/mol. The van der Waals surface area contributed by atoms with Crippen molar-refractivity contribution in [1.82, 2.24) is 19.5 Å². The number of para-hydroxylation sites is 2. The van der Waals surface area contributed by atoms with Gasteiger partial charge in [-0.25, -0.2) is 4.98 Å². The van der Waals surface area contributed by atoms with Crippen molar-refractivity contribution in [2.45, 2.75) is 56.3 Å². The van der Waals surface area contributed by atoms with Gasteiger partial charge in [-0.15, -0.1) is 18.2 Å². The van der Waals surface area contributed by atoms with Crippen molar-refractivity contribution in [2.75, 3.05) is 0 Å². The van der Waals surface area contributed by atoms with Gasteiger partial charge in [0.1, 0.15) is 0 Å². The van der Waals surface area contributed by atoms with E-state index in [0.29, 0.717) is 5.71 Å². The first-order valence-corrected chi connectivity index (χ1v) is 23.7. The summed E-state index contributed by atoms with van der Waals surface area (Å²) in [5.74, 6) is 9.16. The molecular formula is C40H40GeIrN4O-2. The second kappa shape index (κ2) is 13.9. The van der Waals surface area contributed by atoms with Gasteiger partial charge in [-0.3, -0.25) is 4.98 Å². The molecule has 47 heavy (non-hydrogen) atoms. The first-order chi connectivity index (χ1) is 22.3. The van der Waals surface area contributed by atoms with E-state index in [9.17, 15) is 0 Å². The molecule has 7 aromatic rings. The van der Waals surface area contributed by atoms with Gasteiger partial charge in [0.2, 0.25) is 5.71 Å². The summed E-state index contributed by atoms with van der Waals surface area (Å²) in [6, 6.07) is 33.2. The number of furan rings is 1. The van der Waals surface area contributed by atoms with Gasteiger partial charge in [0.25, 0.3) is 0 Å². The summed E-state index contributed by atoms with van der Waals surface area (Å²) < 4.78 is 9.74. The zero-order chi connectivity index (χ0) is 31.8. The molecule has 1 fully saturated rings. The fourth-order valence-corrected chi connectivity index (χ4v) is 10.2. The number of fused-ring (bicyclic) bond motifs is 4. The number of aryl methyl sites for hydroxylation is 2. The average Bonchev–Trinajstić information content (AvgIpc) is 3.79. The van der Waals surface area contributed by atoms with Crippen LogP contribution in [0.1, 0.15) is 36.9 Å². The Balaban J connectivity index is 0.000000162. The summed E-state index contributed by atoms with van der Waals surface area (Å²) in [5.41, 5.74) is 9.06. The Kier molecular flexibility index (Phi) is 9.84. The van der Waals surface area contributed by atoms with Crippen LogP contribution < -0.4 is 4.40 Å². The van der Waals surface area contributed by atoms with Crippen LogP contribution in [0.25, 0.3) is 55.7 Å². The minimum Gasteiger partial charge on any atom is 0 e. The van der Waals surface area contributed by atoms with Gasteiger partial charge in [-0.1, -0.05) is 23.1 Å². The molecule has 4 heterocycles. The van der Waals surface area contributed by atoms with Gasteiger partial charge >= 0.3 is 137 Å². The van der Waals surface area contributed by atoms with E-state index in [2.05, 4.69) is 75.5 Å². The Hall–Kier alpha value is -3.58. The van der Waals surface area contributed by atoms with Crippen LogP contribution in [0.4, 0.5) is 0 Å². The van der Waals surface area contributed by atoms with E-state index in [1.807, 2.05) is 62.5 Å². The molecule has 0 aliphatic heterocycles. The number of pyridine rings is 2. The van der Waals surface area contributed by atoms with E-state index in [1.165, 1.54) is 32.1 Å². The third kappa shape index (κ3) is 6.87. The summed E-state index contributed by atoms with van der Waals surface area (Å²) >= 11 is -1.87. The fourth-order valence-electron chi connectivity index (χ4n) is 6.82. The molecule has 0 bridgehead atoms. The quantitative estimate of drug-likeness (QED) is 0.128. The molecule has 0 atom stereocenters. The van der Waals surface area contributed by atoms with Gasteiger partial charge in [0.05, 0.1) is 22.4 Å². The third-order valence-electron chi connectivity index (χ3n) is 9.21. The number of nitrogens with zero attached hydrogens (tertiary/aromatic N) is 4. The molecule has 3 aromatic carbocycles. The molecule has 4 aromatic heterocycles. The fraction of sp³-hybridized carbons (Fsp3) is 0.275. The molecule has 1 aliphatic rings. The van der Waals surface area contributed by atoms with Crippen molar-refractivity contribution in [1.29, 1.82) is 0 Å². The zero-order valence-corrected chi connectivity index (χ0v) is 32.2. The smallest absolute Gasteiger partial charge is 0 e. The molecule has 0 unspecified atom stereocenters. The molecule has 1 saturated carbocycles. The second-order valence-corrected chi connectivity index (χ2v) is 24.2. The molecule has 0 amide bonds. The largest absolute Gasteiger partial charge is 0 e. The average molecular weight is 858 g/mol. The zero-order valence-electron chi connectivity index (χ0n) is 27.7. The van der Waals surface area contributed by atoms with Gasteiger partial charge in [0, 0.05) is 38.2 Å². The maximum atomic E-state index is 6.07. The van der Waals surface area contributed by atoms with Crippen LogP contribution in [-0.4, -0.2) is 32.8 Å². The predicted octanol–water partition coefficient (Wildman–Crippen LogP) is 9.47. The van der Waals surface area contributed by atoms with Crippen molar-refractivity contribution in [3.63, 3.8) is 0 Å². The maximum absolute atomic E-state index is 6.07. The first-order valence-electron chi connectivity index (χ1n) is 16.3. The second-order valence-electron chi connectivity index (χ2n) is 13.6. The van der Waals surface area contributed by atoms with E-state index in [0.717, 1.165) is 61.6 Å². The van der Waals surface area contributed by atoms with Gasteiger partial charge < -0.3 is 8.98 Å². The number of hydrogen-bond donors (Lipinski definition) is 0. The molecule has 7 heteroatoms. The topological polar surface area (TPSA) is 56.7 Å². The Morgan fingerprint density at radius 3 is 2.43 bits per heavy atom. The van der Waals surface area contributed by atoms with Crippen molar-refractivity contribution < 1.29 is 24.5 Å². The number of hydrogen-bond acceptors (Lipinski definition) is 4. The molecule has 0 saturated heterocycles. The van der Waals surface area contributed by atoms with Crippen molar-refractivity contribution in [3.8, 4) is 22.6 Å². The van der Waals surface area contributed by atoms with E-state index in [-0.39, 0.29) is 20.1 Å². The minimum absolute atomic E-state index is 0. The van der Waals surface area contributed by atoms with Gasteiger partial charge in [-0.2, -0.15) is 0 Å². The Morgan fingerprint density at radius 1 is 0.894 bits per heavy atom. The summed E-state index contributed by atoms with van der Waals surface area (Å²) in [6.07, 6.45) is 9.08. The summed E-state index contributed by atoms with van der Waals surface area (Å²) in [6.45, 7) is 1.96. The van der Waals surface area contributed by atoms with E-state index < -0.39 is 13.3 Å². The van der Waals surface area contributed by atoms with Crippen LogP contribution in [0.3, 0.4) is 0 Å². The van der Waals surface area contributed by atoms with E-state index in [1.54, 1.807) is 9.96 Å². The van der Waals surface area contributed by atoms with E-state index >= 15 is 0 Å². The third-order valence-corrected chi connectivity index (χ3v) is 13.5. The van der Waals surface area contributed by atoms with Crippen LogP contribution in [0.15, 0.2) is 89.5 Å². The minimum atomic E-state index is -1.87. The van der Waals surface area contributed by atoms with Crippen molar-refractivity contribution in [3.05, 3.63) is 108 Å². The van der Waals surface area contributed by atoms with Crippen LogP contribution in [-0.2, 0) is 33.6 Å². The van der Waals surface area contributed by atoms with Crippen LogP contribution in [0.2, 0.25) is 17.3 Å². The molecule has 1 radical (unpaired) electrons. The van der Waals surface area contributed by atoms with Gasteiger partial charge in [0.15, 0.2) is 0 Å². The molecule has 241 valence electrons. The Morgan fingerprint density at radius 2 is 1.68 bits per heavy atom. The summed E-state index contributed by atoms with van der Waals surface area (Å²) in [7, 11) is 2.02. The standard InChI is InChI=1S/C20H26GeN.C20H14N3O.Ir/c1-21(2,3)19-15-22-20(17-11-5-4-6-12-17)14-18(19)13-16-9-7-8-10-16;1-12-10-11-14-13-6-5-7-15(18(13)24-20(14)21-12)19-22-16-8-3-4-9-17(16)23(19)2;/h4-6,11,14-16H,7-10,13H2,1-3H3;3-6,8-11H,1-2H3;/q2*-1;. The molecule has 0 spiro atoms. The molecule has 1 aliphatic carbocycles. The van der Waals surface area contributed by atoms with Crippen LogP contribution in [0, 0.1) is 25.0 Å². The molecule has 5 nitrogen and oxygen atoms in total. The SMILES string of the molecule is Cc1ccc2c(n1)oc1c(-c3nc4ccccc4n3C)[c-]ccc12.[CH3][Ge]([CH3])([CH3])[c]1cnc(-c2[c-]cccc2)cc1CC1CCCC1.[Ir]. The number of aromatic nitrogens is 4. The first kappa shape index (κ1) is 33.3. The molecule has 8 rings (SSSR count). The maximum Gasteiger partial charge on any atom is 0 e. The van der Waals surface area contributed by atoms with Crippen LogP contribution in [0.5, 0.6) is 0 Å². The summed E-state index contributed by atoms with van der Waals surface area (Å²) in [5, 5.41) is 2.06.